The van der Waals surface area contributed by atoms with Crippen LogP contribution in [-0.4, -0.2) is 26.1 Å². The van der Waals surface area contributed by atoms with E-state index in [0.717, 1.165) is 0 Å². The van der Waals surface area contributed by atoms with Crippen LogP contribution in [0.2, 0.25) is 0 Å². The van der Waals surface area contributed by atoms with E-state index in [1.54, 1.807) is 18.2 Å². The minimum absolute atomic E-state index is 0.110. The lowest BCUT2D eigenvalue weighted by molar-refractivity contribution is -0.119. The van der Waals surface area contributed by atoms with Gasteiger partial charge in [-0.1, -0.05) is 0 Å². The van der Waals surface area contributed by atoms with Crippen molar-refractivity contribution >= 4 is 26.0 Å². The second-order valence-corrected chi connectivity index (χ2v) is 5.06. The van der Waals surface area contributed by atoms with Crippen molar-refractivity contribution < 1.29 is 14.3 Å². The lowest BCUT2D eigenvalue weighted by Gasteiger charge is -2.12. The smallest absolute Gasteiger partial charge is 0.323 e. The van der Waals surface area contributed by atoms with E-state index in [9.17, 15) is 9.59 Å². The van der Waals surface area contributed by atoms with Gasteiger partial charge in [0, 0.05) is 23.2 Å². The Morgan fingerprint density at radius 2 is 2.23 bits per heavy atom. The van der Waals surface area contributed by atoms with Gasteiger partial charge < -0.3 is 15.4 Å². The molecule has 0 aliphatic heterocycles. The van der Waals surface area contributed by atoms with Crippen LogP contribution in [-0.2, 0) is 11.2 Å². The van der Waals surface area contributed by atoms with Gasteiger partial charge in [-0.2, -0.15) is 0 Å². The number of benzene rings is 1. The third-order valence-corrected chi connectivity index (χ3v) is 3.23. The van der Waals surface area contributed by atoms with Crippen LogP contribution < -0.4 is 26.0 Å². The minimum atomic E-state index is -1.79. The number of urea groups is 1. The Morgan fingerprint density at radius 3 is 2.82 bits per heavy atom. The zero-order valence-electron chi connectivity index (χ0n) is 12.0. The van der Waals surface area contributed by atoms with Crippen molar-refractivity contribution in [2.45, 2.75) is 6.42 Å². The van der Waals surface area contributed by atoms with Gasteiger partial charge in [0.15, 0.2) is 8.37 Å². The molecule has 1 rings (SSSR count). The summed E-state index contributed by atoms with van der Waals surface area (Å²) in [5, 5.41) is 7.33. The molecule has 0 saturated carbocycles. The molecule has 1 unspecified atom stereocenters. The topological polar surface area (TPSA) is 154 Å². The number of ether oxygens (including phenoxy) is 1. The summed E-state index contributed by atoms with van der Waals surface area (Å²) in [6.07, 6.45) is 0.110. The number of hydrogen-bond acceptors (Lipinski definition) is 5. The second-order valence-electron chi connectivity index (χ2n) is 3.97. The molecule has 0 heterocycles. The summed E-state index contributed by atoms with van der Waals surface area (Å²) in [7, 11) is 1.23. The van der Waals surface area contributed by atoms with Gasteiger partial charge in [-0.3, -0.25) is 15.4 Å². The number of carbonyl (C=O) groups excluding carboxylic acids is 2. The molecule has 0 spiro atoms. The standard InChI is InChI=1S/C11H16N7O3P/c1-14-10(19)6-7-5-8(3-4-9(7)21-2)15-11(20)16-22(13)18-17-12/h3-5H,6,13H2,1-2H3,(H,14,19)(H2,15,16,20). The summed E-state index contributed by atoms with van der Waals surface area (Å²) < 4.78 is 5.17. The predicted octanol–water partition coefficient (Wildman–Crippen LogP) is 1.60. The van der Waals surface area contributed by atoms with Crippen LogP contribution >= 0.6 is 8.37 Å². The lowest BCUT2D eigenvalue weighted by Crippen LogP contribution is -2.26. The summed E-state index contributed by atoms with van der Waals surface area (Å²) in [6.45, 7) is 0. The molecule has 5 N–H and O–H groups in total. The van der Waals surface area contributed by atoms with E-state index in [2.05, 4.69) is 25.5 Å². The predicted molar refractivity (Wildman–Crippen MR) is 83.2 cm³/mol. The molecule has 1 aromatic rings. The molecule has 0 aromatic heterocycles. The van der Waals surface area contributed by atoms with E-state index < -0.39 is 14.4 Å². The number of nitrogens with one attached hydrogen (secondary N) is 3. The number of azide groups is 1. The molecular weight excluding hydrogens is 309 g/mol. The Hall–Kier alpha value is -2.54. The highest BCUT2D eigenvalue weighted by Crippen LogP contribution is 2.24. The molecule has 0 bridgehead atoms. The van der Waals surface area contributed by atoms with Crippen LogP contribution in [0.25, 0.3) is 10.4 Å². The molecule has 0 radical (unpaired) electrons. The fourth-order valence-corrected chi connectivity index (χ4v) is 1.98. The summed E-state index contributed by atoms with van der Waals surface area (Å²) in [5.74, 6) is 0.346. The molecule has 1 atom stereocenters. The minimum Gasteiger partial charge on any atom is -0.496 e. The second kappa shape index (κ2) is 8.68. The van der Waals surface area contributed by atoms with E-state index in [4.69, 9.17) is 15.8 Å². The summed E-state index contributed by atoms with van der Waals surface area (Å²) in [6, 6.07) is 4.24. The van der Waals surface area contributed by atoms with Gasteiger partial charge in [0.05, 0.1) is 13.5 Å². The Labute approximate surface area is 127 Å². The molecule has 0 saturated heterocycles. The summed E-state index contributed by atoms with van der Waals surface area (Å²) in [5.41, 5.74) is 14.7. The van der Waals surface area contributed by atoms with Crippen LogP contribution in [0.4, 0.5) is 10.5 Å². The first kappa shape index (κ1) is 17.5. The lowest BCUT2D eigenvalue weighted by atomic mass is 10.1. The average Bonchev–Trinajstić information content (AvgIpc) is 2.47. The Morgan fingerprint density at radius 1 is 1.50 bits per heavy atom. The summed E-state index contributed by atoms with van der Waals surface area (Å²) in [4.78, 5) is 28.8. The maximum atomic E-state index is 11.7. The maximum absolute atomic E-state index is 11.7. The van der Waals surface area contributed by atoms with Crippen molar-refractivity contribution in [2.75, 3.05) is 19.5 Å². The third-order valence-electron chi connectivity index (χ3n) is 2.52. The molecule has 3 amide bonds. The number of nitrogens with zero attached hydrogens (tertiary/aromatic N) is 3. The quantitative estimate of drug-likeness (QED) is 0.271. The number of nitrogens with two attached hydrogens (primary N) is 1. The van der Waals surface area contributed by atoms with E-state index >= 15 is 0 Å². The number of likely N-dealkylation sites (N-methyl/N-ethyl adjacent to an activating group) is 1. The first-order valence-electron chi connectivity index (χ1n) is 6.05. The van der Waals surface area contributed by atoms with Crippen molar-refractivity contribution in [3.63, 3.8) is 0 Å². The maximum Gasteiger partial charge on any atom is 0.323 e. The van der Waals surface area contributed by atoms with Crippen molar-refractivity contribution in [3.8, 4) is 5.75 Å². The Bertz CT molecular complexity index is 603. The van der Waals surface area contributed by atoms with Crippen LogP contribution in [0.15, 0.2) is 23.1 Å². The molecule has 0 aliphatic rings. The molecule has 118 valence electrons. The Balaban J connectivity index is 2.83. The van der Waals surface area contributed by atoms with Crippen LogP contribution in [0.1, 0.15) is 5.56 Å². The highest BCUT2D eigenvalue weighted by atomic mass is 31.1. The van der Waals surface area contributed by atoms with E-state index in [1.807, 2.05) is 0 Å². The van der Waals surface area contributed by atoms with Gasteiger partial charge in [0.25, 0.3) is 0 Å². The summed E-state index contributed by atoms with van der Waals surface area (Å²) >= 11 is 0. The first-order valence-corrected chi connectivity index (χ1v) is 7.41. The zero-order chi connectivity index (χ0) is 16.5. The van der Waals surface area contributed by atoms with Gasteiger partial charge in [-0.15, -0.1) is 0 Å². The van der Waals surface area contributed by atoms with Crippen molar-refractivity contribution in [2.24, 2.45) is 10.4 Å². The van der Waals surface area contributed by atoms with Gasteiger partial charge >= 0.3 is 6.03 Å². The monoisotopic (exact) mass is 325 g/mol. The SMILES string of the molecule is CNC(=O)Cc1cc(NC(=O)NP(N)N=[N+]=[N-])ccc1OC. The third kappa shape index (κ3) is 5.45. The molecule has 10 nitrogen and oxygen atoms in total. The highest BCUT2D eigenvalue weighted by molar-refractivity contribution is 7.52. The number of methoxy groups -OCH3 is 1. The largest absolute Gasteiger partial charge is 0.496 e. The van der Waals surface area contributed by atoms with Crippen LogP contribution in [0.3, 0.4) is 0 Å². The van der Waals surface area contributed by atoms with E-state index in [-0.39, 0.29) is 12.3 Å². The molecule has 0 fully saturated rings. The van der Waals surface area contributed by atoms with Crippen LogP contribution in [0.5, 0.6) is 5.75 Å². The Kier molecular flexibility index (Phi) is 6.91. The van der Waals surface area contributed by atoms with Crippen molar-refractivity contribution in [3.05, 3.63) is 34.2 Å². The molecule has 11 heteroatoms. The van der Waals surface area contributed by atoms with Gasteiger partial charge in [0.1, 0.15) is 5.75 Å². The number of anilines is 1. The highest BCUT2D eigenvalue weighted by Gasteiger charge is 2.11. The van der Waals surface area contributed by atoms with Gasteiger partial charge in [-0.05, 0) is 28.6 Å². The fraction of sp³-hybridized carbons (Fsp3) is 0.273. The zero-order valence-corrected chi connectivity index (χ0v) is 12.9. The molecule has 0 aliphatic carbocycles. The molecule has 1 aromatic carbocycles. The average molecular weight is 325 g/mol. The molecule has 22 heavy (non-hydrogen) atoms. The van der Waals surface area contributed by atoms with Crippen LogP contribution in [0, 0.1) is 0 Å². The number of amides is 3. The molecular formula is C11H16N7O3P. The number of rotatable bonds is 6. The van der Waals surface area contributed by atoms with Gasteiger partial charge in [-0.25, -0.2) is 4.79 Å². The van der Waals surface area contributed by atoms with Crippen molar-refractivity contribution in [1.29, 1.82) is 0 Å². The van der Waals surface area contributed by atoms with Crippen molar-refractivity contribution in [1.82, 2.24) is 10.4 Å². The van der Waals surface area contributed by atoms with E-state index in [1.165, 1.54) is 14.2 Å². The first-order chi connectivity index (χ1) is 10.5. The number of carbonyl (C=O) groups is 2. The fourth-order valence-electron chi connectivity index (χ4n) is 1.58. The normalized spacial score (nSPS) is 10.9. The number of hydrogen-bond donors (Lipinski definition) is 4. The van der Waals surface area contributed by atoms with Gasteiger partial charge in [0.2, 0.25) is 5.91 Å². The van der Waals surface area contributed by atoms with E-state index in [0.29, 0.717) is 17.0 Å².